The molecule has 37 heavy (non-hydrogen) atoms. The van der Waals surface area contributed by atoms with Crippen LogP contribution >= 0.6 is 11.3 Å². The number of rotatable bonds is 9. The fourth-order valence-electron chi connectivity index (χ4n) is 5.21. The zero-order valence-electron chi connectivity index (χ0n) is 21.5. The van der Waals surface area contributed by atoms with Gasteiger partial charge >= 0.3 is 0 Å². The highest BCUT2D eigenvalue weighted by Crippen LogP contribution is 2.49. The zero-order valence-corrected chi connectivity index (χ0v) is 22.3. The van der Waals surface area contributed by atoms with Crippen molar-refractivity contribution < 1.29 is 9.84 Å². The second-order valence-electron chi connectivity index (χ2n) is 9.65. The van der Waals surface area contributed by atoms with Gasteiger partial charge in [-0.1, -0.05) is 78.9 Å². The van der Waals surface area contributed by atoms with Crippen molar-refractivity contribution in [2.24, 2.45) is 0 Å². The molecular weight excluding hydrogens is 476 g/mol. The Balaban J connectivity index is 1.81. The Morgan fingerprint density at radius 3 is 2.43 bits per heavy atom. The molecule has 3 aromatic carbocycles. The summed E-state index contributed by atoms with van der Waals surface area (Å²) < 4.78 is 5.84. The van der Waals surface area contributed by atoms with Gasteiger partial charge in [0.2, 0.25) is 5.88 Å². The third-order valence-electron chi connectivity index (χ3n) is 7.00. The van der Waals surface area contributed by atoms with E-state index in [-0.39, 0.29) is 0 Å². The van der Waals surface area contributed by atoms with Crippen LogP contribution in [0.15, 0.2) is 103 Å². The molecule has 5 rings (SSSR count). The van der Waals surface area contributed by atoms with E-state index in [4.69, 9.17) is 9.72 Å². The van der Waals surface area contributed by atoms with E-state index >= 15 is 0 Å². The Morgan fingerprint density at radius 2 is 1.70 bits per heavy atom. The molecule has 1 N–H and O–H groups in total. The number of nitrogens with zero attached hydrogens (tertiary/aromatic N) is 2. The molecule has 0 amide bonds. The van der Waals surface area contributed by atoms with E-state index in [1.807, 2.05) is 62.8 Å². The molecule has 2 atom stereocenters. The summed E-state index contributed by atoms with van der Waals surface area (Å²) in [5.74, 6) is 0.111. The molecule has 0 aliphatic heterocycles. The number of hydrogen-bond acceptors (Lipinski definition) is 5. The van der Waals surface area contributed by atoms with Crippen molar-refractivity contribution in [3.05, 3.63) is 119 Å². The summed E-state index contributed by atoms with van der Waals surface area (Å²) in [6, 6.07) is 31.0. The van der Waals surface area contributed by atoms with Crippen LogP contribution in [0.3, 0.4) is 0 Å². The minimum atomic E-state index is -1.24. The van der Waals surface area contributed by atoms with Crippen LogP contribution in [0.5, 0.6) is 5.88 Å². The molecular formula is C32H32N2O2S. The number of aliphatic hydroxyl groups is 1. The molecule has 2 unspecified atom stereocenters. The number of aromatic nitrogens is 1. The van der Waals surface area contributed by atoms with E-state index in [0.717, 1.165) is 37.9 Å². The van der Waals surface area contributed by atoms with E-state index in [1.165, 1.54) is 0 Å². The molecule has 2 heterocycles. The van der Waals surface area contributed by atoms with Crippen molar-refractivity contribution in [1.29, 1.82) is 0 Å². The SMILES string of the molecule is COc1ncc(-c2cccs2)cc1C(c1ccccc1)C(O)(CCN(C)C)c1cccc2ccccc12. The van der Waals surface area contributed by atoms with Gasteiger partial charge in [-0.05, 0) is 59.9 Å². The Hall–Kier alpha value is -3.51. The van der Waals surface area contributed by atoms with Crippen LogP contribution in [0.2, 0.25) is 0 Å². The summed E-state index contributed by atoms with van der Waals surface area (Å²) in [6.45, 7) is 0.712. The lowest BCUT2D eigenvalue weighted by atomic mass is 9.70. The Bertz CT molecular complexity index is 1460. The lowest BCUT2D eigenvalue weighted by molar-refractivity contribution is 0.00517. The Labute approximate surface area is 222 Å². The number of fused-ring (bicyclic) bond motifs is 1. The lowest BCUT2D eigenvalue weighted by Crippen LogP contribution is -2.38. The Kier molecular flexibility index (Phi) is 7.38. The molecule has 0 aliphatic carbocycles. The van der Waals surface area contributed by atoms with Crippen LogP contribution in [-0.2, 0) is 5.60 Å². The number of thiophene rings is 1. The maximum atomic E-state index is 13.0. The second-order valence-corrected chi connectivity index (χ2v) is 10.6. The van der Waals surface area contributed by atoms with Gasteiger partial charge in [0.05, 0.1) is 7.11 Å². The number of hydrogen-bond donors (Lipinski definition) is 1. The molecule has 4 nitrogen and oxygen atoms in total. The van der Waals surface area contributed by atoms with E-state index in [2.05, 4.69) is 58.8 Å². The van der Waals surface area contributed by atoms with Crippen molar-refractivity contribution in [3.63, 3.8) is 0 Å². The van der Waals surface area contributed by atoms with Gasteiger partial charge in [0.15, 0.2) is 0 Å². The van der Waals surface area contributed by atoms with E-state index in [1.54, 1.807) is 18.4 Å². The number of methoxy groups -OCH3 is 1. The van der Waals surface area contributed by atoms with E-state index in [9.17, 15) is 5.11 Å². The van der Waals surface area contributed by atoms with Crippen molar-refractivity contribution in [2.45, 2.75) is 17.9 Å². The summed E-state index contributed by atoms with van der Waals surface area (Å²) in [5, 5.41) is 17.3. The van der Waals surface area contributed by atoms with Crippen molar-refractivity contribution in [2.75, 3.05) is 27.7 Å². The number of benzene rings is 3. The van der Waals surface area contributed by atoms with Gasteiger partial charge in [0.1, 0.15) is 5.60 Å². The van der Waals surface area contributed by atoms with Crippen molar-refractivity contribution in [1.82, 2.24) is 9.88 Å². The molecule has 5 heteroatoms. The number of ether oxygens (including phenoxy) is 1. The molecule has 5 aromatic rings. The van der Waals surface area contributed by atoms with E-state index in [0.29, 0.717) is 18.8 Å². The average Bonchev–Trinajstić information content (AvgIpc) is 3.47. The first-order valence-electron chi connectivity index (χ1n) is 12.5. The predicted molar refractivity (Wildman–Crippen MR) is 153 cm³/mol. The fraction of sp³-hybridized carbons (Fsp3) is 0.219. The zero-order chi connectivity index (χ0) is 25.8. The molecule has 188 valence electrons. The molecule has 0 fully saturated rings. The summed E-state index contributed by atoms with van der Waals surface area (Å²) in [7, 11) is 5.73. The van der Waals surface area contributed by atoms with Gasteiger partial charge in [0.25, 0.3) is 0 Å². The van der Waals surface area contributed by atoms with Gasteiger partial charge in [-0.15, -0.1) is 11.3 Å². The maximum Gasteiger partial charge on any atom is 0.217 e. The van der Waals surface area contributed by atoms with Gasteiger partial charge in [-0.2, -0.15) is 0 Å². The highest BCUT2D eigenvalue weighted by atomic mass is 32.1. The molecule has 0 radical (unpaired) electrons. The molecule has 0 saturated heterocycles. The largest absolute Gasteiger partial charge is 0.481 e. The lowest BCUT2D eigenvalue weighted by Gasteiger charge is -2.39. The predicted octanol–water partition coefficient (Wildman–Crippen LogP) is 6.94. The minimum absolute atomic E-state index is 0.415. The minimum Gasteiger partial charge on any atom is -0.481 e. The van der Waals surface area contributed by atoms with Gasteiger partial charge in [-0.25, -0.2) is 4.98 Å². The fourth-order valence-corrected chi connectivity index (χ4v) is 5.92. The molecule has 0 saturated carbocycles. The molecule has 0 spiro atoms. The maximum absolute atomic E-state index is 13.0. The van der Waals surface area contributed by atoms with Crippen LogP contribution in [0.4, 0.5) is 0 Å². The average molecular weight is 509 g/mol. The van der Waals surface area contributed by atoms with E-state index < -0.39 is 11.5 Å². The van der Waals surface area contributed by atoms with Crippen molar-refractivity contribution >= 4 is 22.1 Å². The standard InChI is InChI=1S/C32H32N2O2S/c1-34(2)19-18-32(35,28-16-9-14-23-11-7-8-15-26(23)28)30(24-12-5-4-6-13-24)27-21-25(22-33-31(27)36-3)29-17-10-20-37-29/h4-17,20-22,30,35H,18-19H2,1-3H3. The van der Waals surface area contributed by atoms with Crippen LogP contribution in [0, 0.1) is 0 Å². The highest BCUT2D eigenvalue weighted by Gasteiger charge is 2.43. The highest BCUT2D eigenvalue weighted by molar-refractivity contribution is 7.13. The van der Waals surface area contributed by atoms with Crippen LogP contribution in [-0.4, -0.2) is 42.7 Å². The second kappa shape index (κ2) is 10.9. The quantitative estimate of drug-likeness (QED) is 0.234. The molecule has 2 aromatic heterocycles. The topological polar surface area (TPSA) is 45.6 Å². The number of pyridine rings is 1. The summed E-state index contributed by atoms with van der Waals surface area (Å²) in [5.41, 5.74) is 2.56. The smallest absolute Gasteiger partial charge is 0.217 e. The molecule has 0 aliphatic rings. The first-order valence-corrected chi connectivity index (χ1v) is 13.4. The van der Waals surface area contributed by atoms with Crippen LogP contribution in [0.25, 0.3) is 21.2 Å². The third kappa shape index (κ3) is 5.03. The summed E-state index contributed by atoms with van der Waals surface area (Å²) >= 11 is 1.68. The van der Waals surface area contributed by atoms with Crippen molar-refractivity contribution in [3.8, 4) is 16.3 Å². The van der Waals surface area contributed by atoms with Crippen LogP contribution < -0.4 is 4.74 Å². The third-order valence-corrected chi connectivity index (χ3v) is 7.91. The van der Waals surface area contributed by atoms with Gasteiger partial charge < -0.3 is 14.7 Å². The monoisotopic (exact) mass is 508 g/mol. The van der Waals surface area contributed by atoms with Gasteiger partial charge in [-0.3, -0.25) is 0 Å². The Morgan fingerprint density at radius 1 is 0.946 bits per heavy atom. The normalized spacial score (nSPS) is 14.0. The van der Waals surface area contributed by atoms with Crippen LogP contribution in [0.1, 0.15) is 29.0 Å². The molecule has 0 bridgehead atoms. The first kappa shape index (κ1) is 25.2. The summed E-state index contributed by atoms with van der Waals surface area (Å²) in [6.07, 6.45) is 2.38. The summed E-state index contributed by atoms with van der Waals surface area (Å²) in [4.78, 5) is 7.98. The first-order chi connectivity index (χ1) is 18.0. The van der Waals surface area contributed by atoms with Gasteiger partial charge in [0, 0.05) is 34.7 Å².